The number of anilines is 1. The SMILES string of the molecule is CC[C@H]1Oc2ccccc2N(CC(=O)NCc2ccc(OC)cc2)C1=O. The highest BCUT2D eigenvalue weighted by Gasteiger charge is 2.34. The number of carbonyl (C=O) groups is 2. The molecule has 26 heavy (non-hydrogen) atoms. The van der Waals surface area contributed by atoms with Crippen molar-refractivity contribution in [3.63, 3.8) is 0 Å². The molecule has 1 aliphatic heterocycles. The van der Waals surface area contributed by atoms with Gasteiger partial charge in [-0.3, -0.25) is 14.5 Å². The van der Waals surface area contributed by atoms with E-state index in [9.17, 15) is 9.59 Å². The number of nitrogens with one attached hydrogen (secondary N) is 1. The molecule has 136 valence electrons. The molecule has 0 spiro atoms. The molecule has 2 aromatic rings. The van der Waals surface area contributed by atoms with E-state index in [0.29, 0.717) is 24.4 Å². The lowest BCUT2D eigenvalue weighted by molar-refractivity contribution is -0.129. The van der Waals surface area contributed by atoms with Crippen LogP contribution in [-0.2, 0) is 16.1 Å². The van der Waals surface area contributed by atoms with E-state index < -0.39 is 6.10 Å². The molecule has 2 amide bonds. The number of hydrogen-bond acceptors (Lipinski definition) is 4. The van der Waals surface area contributed by atoms with Crippen LogP contribution in [0.2, 0.25) is 0 Å². The van der Waals surface area contributed by atoms with Gasteiger partial charge in [0.2, 0.25) is 5.91 Å². The van der Waals surface area contributed by atoms with Crippen molar-refractivity contribution in [1.82, 2.24) is 5.32 Å². The molecule has 0 aliphatic carbocycles. The quantitative estimate of drug-likeness (QED) is 0.866. The molecule has 1 heterocycles. The summed E-state index contributed by atoms with van der Waals surface area (Å²) >= 11 is 0. The van der Waals surface area contributed by atoms with Crippen molar-refractivity contribution in [1.29, 1.82) is 0 Å². The van der Waals surface area contributed by atoms with Crippen LogP contribution in [0.15, 0.2) is 48.5 Å². The van der Waals surface area contributed by atoms with Crippen LogP contribution in [0.4, 0.5) is 5.69 Å². The van der Waals surface area contributed by atoms with Crippen molar-refractivity contribution in [2.45, 2.75) is 26.0 Å². The van der Waals surface area contributed by atoms with Gasteiger partial charge in [0, 0.05) is 6.54 Å². The van der Waals surface area contributed by atoms with E-state index in [2.05, 4.69) is 5.32 Å². The van der Waals surface area contributed by atoms with Gasteiger partial charge < -0.3 is 14.8 Å². The van der Waals surface area contributed by atoms with Gasteiger partial charge in [0.25, 0.3) is 5.91 Å². The summed E-state index contributed by atoms with van der Waals surface area (Å²) in [7, 11) is 1.61. The number of amides is 2. The first-order chi connectivity index (χ1) is 12.6. The monoisotopic (exact) mass is 354 g/mol. The lowest BCUT2D eigenvalue weighted by Crippen LogP contribution is -2.49. The third-order valence-electron chi connectivity index (χ3n) is 4.29. The molecule has 0 fully saturated rings. The van der Waals surface area contributed by atoms with Crippen LogP contribution < -0.4 is 19.7 Å². The maximum absolute atomic E-state index is 12.6. The Morgan fingerprint density at radius 3 is 2.62 bits per heavy atom. The minimum atomic E-state index is -0.556. The second kappa shape index (κ2) is 7.91. The zero-order valence-electron chi connectivity index (χ0n) is 14.9. The standard InChI is InChI=1S/C20H22N2O4/c1-3-17-20(24)22(16-6-4-5-7-18(16)26-17)13-19(23)21-12-14-8-10-15(25-2)11-9-14/h4-11,17H,3,12-13H2,1-2H3,(H,21,23)/t17-/m1/s1. The summed E-state index contributed by atoms with van der Waals surface area (Å²) in [6.45, 7) is 2.24. The third-order valence-corrected chi connectivity index (χ3v) is 4.29. The van der Waals surface area contributed by atoms with Crippen molar-refractivity contribution in [2.75, 3.05) is 18.6 Å². The number of nitrogens with zero attached hydrogens (tertiary/aromatic N) is 1. The van der Waals surface area contributed by atoms with Crippen LogP contribution in [0.1, 0.15) is 18.9 Å². The predicted octanol–water partition coefficient (Wildman–Crippen LogP) is 2.52. The smallest absolute Gasteiger partial charge is 0.268 e. The molecule has 1 N–H and O–H groups in total. The van der Waals surface area contributed by atoms with Gasteiger partial charge in [-0.15, -0.1) is 0 Å². The summed E-state index contributed by atoms with van der Waals surface area (Å²) in [6, 6.07) is 14.7. The number of para-hydroxylation sites is 2. The Labute approximate surface area is 152 Å². The van der Waals surface area contributed by atoms with Crippen molar-refractivity contribution in [3.05, 3.63) is 54.1 Å². The van der Waals surface area contributed by atoms with E-state index in [1.54, 1.807) is 13.2 Å². The van der Waals surface area contributed by atoms with Gasteiger partial charge in [0.15, 0.2) is 6.10 Å². The number of hydrogen-bond donors (Lipinski definition) is 1. The zero-order chi connectivity index (χ0) is 18.5. The van der Waals surface area contributed by atoms with E-state index in [1.165, 1.54) is 4.90 Å². The molecule has 0 aromatic heterocycles. The topological polar surface area (TPSA) is 67.9 Å². The van der Waals surface area contributed by atoms with E-state index in [-0.39, 0.29) is 18.4 Å². The Balaban J connectivity index is 1.66. The fourth-order valence-electron chi connectivity index (χ4n) is 2.84. The molecule has 3 rings (SSSR count). The number of methoxy groups -OCH3 is 1. The highest BCUT2D eigenvalue weighted by molar-refractivity contribution is 6.03. The summed E-state index contributed by atoms with van der Waals surface area (Å²) < 4.78 is 10.8. The minimum Gasteiger partial charge on any atom is -0.497 e. The molecule has 1 atom stereocenters. The average molecular weight is 354 g/mol. The number of ether oxygens (including phenoxy) is 2. The molecular formula is C20H22N2O4. The lowest BCUT2D eigenvalue weighted by Gasteiger charge is -2.33. The van der Waals surface area contributed by atoms with Gasteiger partial charge in [-0.25, -0.2) is 0 Å². The Morgan fingerprint density at radius 2 is 1.92 bits per heavy atom. The first-order valence-electron chi connectivity index (χ1n) is 8.59. The predicted molar refractivity (Wildman–Crippen MR) is 98.3 cm³/mol. The third kappa shape index (κ3) is 3.79. The normalized spacial score (nSPS) is 15.8. The van der Waals surface area contributed by atoms with Crippen LogP contribution in [0.5, 0.6) is 11.5 Å². The molecule has 2 aromatic carbocycles. The molecule has 6 heteroatoms. The van der Waals surface area contributed by atoms with Gasteiger partial charge in [0.05, 0.1) is 12.8 Å². The van der Waals surface area contributed by atoms with Gasteiger partial charge in [0.1, 0.15) is 18.0 Å². The largest absolute Gasteiger partial charge is 0.497 e. The van der Waals surface area contributed by atoms with E-state index >= 15 is 0 Å². The molecule has 0 unspecified atom stereocenters. The summed E-state index contributed by atoms with van der Waals surface area (Å²) in [4.78, 5) is 26.5. The van der Waals surface area contributed by atoms with E-state index in [1.807, 2.05) is 49.4 Å². The van der Waals surface area contributed by atoms with E-state index in [4.69, 9.17) is 9.47 Å². The van der Waals surface area contributed by atoms with Gasteiger partial charge >= 0.3 is 0 Å². The van der Waals surface area contributed by atoms with Crippen LogP contribution in [0, 0.1) is 0 Å². The van der Waals surface area contributed by atoms with Crippen LogP contribution in [0.3, 0.4) is 0 Å². The second-order valence-corrected chi connectivity index (χ2v) is 6.03. The molecule has 0 saturated heterocycles. The van der Waals surface area contributed by atoms with Crippen molar-refractivity contribution < 1.29 is 19.1 Å². The first kappa shape index (κ1) is 17.8. The highest BCUT2D eigenvalue weighted by atomic mass is 16.5. The van der Waals surface area contributed by atoms with Crippen molar-refractivity contribution in [2.24, 2.45) is 0 Å². The Morgan fingerprint density at radius 1 is 1.19 bits per heavy atom. The molecule has 0 saturated carbocycles. The molecule has 1 aliphatic rings. The van der Waals surface area contributed by atoms with Crippen LogP contribution >= 0.6 is 0 Å². The fraction of sp³-hybridized carbons (Fsp3) is 0.300. The number of rotatable bonds is 6. The molecule has 6 nitrogen and oxygen atoms in total. The average Bonchev–Trinajstić information content (AvgIpc) is 2.68. The fourth-order valence-corrected chi connectivity index (χ4v) is 2.84. The second-order valence-electron chi connectivity index (χ2n) is 6.03. The zero-order valence-corrected chi connectivity index (χ0v) is 14.9. The van der Waals surface area contributed by atoms with Crippen molar-refractivity contribution in [3.8, 4) is 11.5 Å². The number of fused-ring (bicyclic) bond motifs is 1. The maximum Gasteiger partial charge on any atom is 0.268 e. The van der Waals surface area contributed by atoms with E-state index in [0.717, 1.165) is 11.3 Å². The van der Waals surface area contributed by atoms with Gasteiger partial charge in [-0.2, -0.15) is 0 Å². The number of benzene rings is 2. The summed E-state index contributed by atoms with van der Waals surface area (Å²) in [5, 5.41) is 2.85. The Bertz CT molecular complexity index is 789. The Hall–Kier alpha value is -3.02. The molecule has 0 radical (unpaired) electrons. The van der Waals surface area contributed by atoms with Gasteiger partial charge in [-0.05, 0) is 36.2 Å². The summed E-state index contributed by atoms with van der Waals surface area (Å²) in [6.07, 6.45) is -0.00350. The van der Waals surface area contributed by atoms with Crippen LogP contribution in [-0.4, -0.2) is 31.6 Å². The maximum atomic E-state index is 12.6. The Kier molecular flexibility index (Phi) is 5.41. The van der Waals surface area contributed by atoms with Gasteiger partial charge in [-0.1, -0.05) is 31.2 Å². The molecular weight excluding hydrogens is 332 g/mol. The summed E-state index contributed by atoms with van der Waals surface area (Å²) in [5.41, 5.74) is 1.58. The first-order valence-corrected chi connectivity index (χ1v) is 8.59. The van der Waals surface area contributed by atoms with Crippen LogP contribution in [0.25, 0.3) is 0 Å². The lowest BCUT2D eigenvalue weighted by atomic mass is 10.1. The summed E-state index contributed by atoms with van der Waals surface area (Å²) in [5.74, 6) is 0.981. The number of carbonyl (C=O) groups excluding carboxylic acids is 2. The minimum absolute atomic E-state index is 0.0359. The molecule has 0 bridgehead atoms. The van der Waals surface area contributed by atoms with Crippen molar-refractivity contribution >= 4 is 17.5 Å². The highest BCUT2D eigenvalue weighted by Crippen LogP contribution is 2.34.